The number of fused-ring (bicyclic) bond motifs is 3. The van der Waals surface area contributed by atoms with Crippen molar-refractivity contribution in [3.8, 4) is 0 Å². The van der Waals surface area contributed by atoms with Gasteiger partial charge >= 0.3 is 6.09 Å². The number of rotatable bonds is 0. The topological polar surface area (TPSA) is 77.9 Å². The van der Waals surface area contributed by atoms with E-state index in [9.17, 15) is 18.3 Å². The third-order valence-corrected chi connectivity index (χ3v) is 7.69. The zero-order chi connectivity index (χ0) is 18.1. The van der Waals surface area contributed by atoms with Gasteiger partial charge in [0.25, 0.3) is 0 Å². The molecule has 0 aliphatic carbocycles. The highest BCUT2D eigenvalue weighted by molar-refractivity contribution is 7.91. The van der Waals surface area contributed by atoms with Gasteiger partial charge in [0.2, 0.25) is 0 Å². The molecule has 6 nitrogen and oxygen atoms in total. The molecule has 3 aliphatic rings. The molecule has 25 heavy (non-hydrogen) atoms. The van der Waals surface area contributed by atoms with Crippen molar-refractivity contribution in [1.82, 2.24) is 4.90 Å². The summed E-state index contributed by atoms with van der Waals surface area (Å²) in [7, 11) is -3.33. The average Bonchev–Trinajstić information content (AvgIpc) is 2.84. The maximum absolute atomic E-state index is 12.9. The highest BCUT2D eigenvalue weighted by atomic mass is 32.2. The van der Waals surface area contributed by atoms with Crippen LogP contribution in [0.3, 0.4) is 0 Å². The number of hydrogen-bond acceptors (Lipinski definition) is 4. The van der Waals surface area contributed by atoms with Crippen LogP contribution < -0.4 is 4.90 Å². The van der Waals surface area contributed by atoms with Gasteiger partial charge in [-0.05, 0) is 23.5 Å². The van der Waals surface area contributed by atoms with Crippen LogP contribution in [0.15, 0.2) is 23.1 Å². The SMILES string of the molecule is CC(C)(C)C1CS(=O)(=O)c2cccc3c2N1[C@H]1CCN(C(=O)O)C[C@@H]31. The first-order chi connectivity index (χ1) is 11.6. The van der Waals surface area contributed by atoms with Crippen LogP contribution in [-0.4, -0.2) is 55.4 Å². The Hall–Kier alpha value is -1.76. The van der Waals surface area contributed by atoms with Crippen LogP contribution in [-0.2, 0) is 9.84 Å². The van der Waals surface area contributed by atoms with Gasteiger partial charge < -0.3 is 14.9 Å². The van der Waals surface area contributed by atoms with Crippen LogP contribution in [0.25, 0.3) is 0 Å². The molecular formula is C18H24N2O4S. The van der Waals surface area contributed by atoms with Crippen LogP contribution in [0, 0.1) is 5.41 Å². The normalized spacial score (nSPS) is 30.0. The minimum absolute atomic E-state index is 0.0398. The van der Waals surface area contributed by atoms with E-state index < -0.39 is 15.9 Å². The monoisotopic (exact) mass is 364 g/mol. The molecule has 1 N–H and O–H groups in total. The highest BCUT2D eigenvalue weighted by Crippen LogP contribution is 2.53. The highest BCUT2D eigenvalue weighted by Gasteiger charge is 2.52. The maximum atomic E-state index is 12.9. The lowest BCUT2D eigenvalue weighted by atomic mass is 9.84. The number of carboxylic acid groups (broad SMARTS) is 1. The molecule has 0 spiro atoms. The van der Waals surface area contributed by atoms with E-state index in [-0.39, 0.29) is 29.2 Å². The smallest absolute Gasteiger partial charge is 0.407 e. The number of nitrogens with zero attached hydrogens (tertiary/aromatic N) is 2. The molecule has 3 aliphatic heterocycles. The molecule has 0 bridgehead atoms. The molecule has 7 heteroatoms. The number of anilines is 1. The van der Waals surface area contributed by atoms with Crippen molar-refractivity contribution < 1.29 is 18.3 Å². The Morgan fingerprint density at radius 1 is 1.28 bits per heavy atom. The molecule has 1 unspecified atom stereocenters. The fourth-order valence-corrected chi connectivity index (χ4v) is 6.78. The Morgan fingerprint density at radius 3 is 2.64 bits per heavy atom. The molecule has 4 rings (SSSR count). The lowest BCUT2D eigenvalue weighted by Crippen LogP contribution is -2.57. The van der Waals surface area contributed by atoms with E-state index in [1.165, 1.54) is 4.90 Å². The van der Waals surface area contributed by atoms with E-state index >= 15 is 0 Å². The van der Waals surface area contributed by atoms with Gasteiger partial charge in [-0.1, -0.05) is 32.9 Å². The molecule has 3 atom stereocenters. The Bertz CT molecular complexity index is 843. The summed E-state index contributed by atoms with van der Waals surface area (Å²) in [6.45, 7) is 7.19. The number of benzene rings is 1. The molecule has 1 aromatic rings. The lowest BCUT2D eigenvalue weighted by molar-refractivity contribution is 0.124. The van der Waals surface area contributed by atoms with Gasteiger partial charge in [0.05, 0.1) is 16.3 Å². The summed E-state index contributed by atoms with van der Waals surface area (Å²) >= 11 is 0. The predicted octanol–water partition coefficient (Wildman–Crippen LogP) is 2.54. The van der Waals surface area contributed by atoms with Crippen molar-refractivity contribution in [3.05, 3.63) is 23.8 Å². The summed E-state index contributed by atoms with van der Waals surface area (Å²) in [4.78, 5) is 15.6. The van der Waals surface area contributed by atoms with Crippen molar-refractivity contribution in [1.29, 1.82) is 0 Å². The van der Waals surface area contributed by atoms with Crippen LogP contribution in [0.5, 0.6) is 0 Å². The minimum atomic E-state index is -3.33. The number of carbonyl (C=O) groups is 1. The molecule has 1 saturated heterocycles. The second-order valence-electron chi connectivity index (χ2n) is 8.46. The summed E-state index contributed by atoms with van der Waals surface area (Å²) in [6, 6.07) is 5.54. The zero-order valence-electron chi connectivity index (χ0n) is 14.8. The summed E-state index contributed by atoms with van der Waals surface area (Å²) in [5, 5.41) is 9.38. The van der Waals surface area contributed by atoms with Crippen molar-refractivity contribution >= 4 is 21.6 Å². The number of hydrogen-bond donors (Lipinski definition) is 1. The average molecular weight is 364 g/mol. The molecule has 0 aromatic heterocycles. The second kappa shape index (κ2) is 5.13. The number of likely N-dealkylation sites (tertiary alicyclic amines) is 1. The molecule has 1 aromatic carbocycles. The zero-order valence-corrected chi connectivity index (χ0v) is 15.6. The first-order valence-electron chi connectivity index (χ1n) is 8.73. The fourth-order valence-electron chi connectivity index (χ4n) is 4.72. The van der Waals surface area contributed by atoms with Crippen molar-refractivity contribution in [2.75, 3.05) is 23.7 Å². The van der Waals surface area contributed by atoms with Crippen LogP contribution in [0.1, 0.15) is 38.7 Å². The predicted molar refractivity (Wildman–Crippen MR) is 95.0 cm³/mol. The van der Waals surface area contributed by atoms with E-state index in [1.807, 2.05) is 6.07 Å². The van der Waals surface area contributed by atoms with Gasteiger partial charge in [-0.25, -0.2) is 13.2 Å². The Labute approximate surface area is 148 Å². The molecule has 1 amide bonds. The molecular weight excluding hydrogens is 340 g/mol. The van der Waals surface area contributed by atoms with E-state index in [0.717, 1.165) is 17.7 Å². The third kappa shape index (κ3) is 2.35. The first-order valence-corrected chi connectivity index (χ1v) is 10.4. The van der Waals surface area contributed by atoms with Gasteiger partial charge in [0.15, 0.2) is 9.84 Å². The first kappa shape index (κ1) is 16.7. The van der Waals surface area contributed by atoms with E-state index in [2.05, 4.69) is 25.7 Å². The summed E-state index contributed by atoms with van der Waals surface area (Å²) in [5.41, 5.74) is 1.64. The van der Waals surface area contributed by atoms with Gasteiger partial charge in [0, 0.05) is 31.1 Å². The third-order valence-electron chi connectivity index (χ3n) is 5.94. The molecule has 3 heterocycles. The number of para-hydroxylation sites is 1. The lowest BCUT2D eigenvalue weighted by Gasteiger charge is -2.48. The number of amides is 1. The second-order valence-corrected chi connectivity index (χ2v) is 10.5. The number of piperidine rings is 1. The Morgan fingerprint density at radius 2 is 2.00 bits per heavy atom. The Kier molecular flexibility index (Phi) is 3.42. The van der Waals surface area contributed by atoms with E-state index in [0.29, 0.717) is 18.0 Å². The molecule has 0 saturated carbocycles. The fraction of sp³-hybridized carbons (Fsp3) is 0.611. The van der Waals surface area contributed by atoms with Gasteiger partial charge in [-0.2, -0.15) is 0 Å². The standard InChI is InChI=1S/C18H24N2O4S/c1-18(2,3)15-10-25(23,24)14-6-4-5-11-12-9-19(17(21)22)8-7-13(12)20(15)16(11)14/h4-6,12-13,15H,7-10H2,1-3H3,(H,21,22)/t12-,13-,15?/m0/s1. The van der Waals surface area contributed by atoms with Crippen molar-refractivity contribution in [3.63, 3.8) is 0 Å². The summed E-state index contributed by atoms with van der Waals surface area (Å²) in [6.07, 6.45) is -0.165. The molecule has 1 fully saturated rings. The quantitative estimate of drug-likeness (QED) is 0.765. The van der Waals surface area contributed by atoms with Crippen LogP contribution in [0.2, 0.25) is 0 Å². The van der Waals surface area contributed by atoms with Gasteiger partial charge in [0.1, 0.15) is 0 Å². The van der Waals surface area contributed by atoms with Gasteiger partial charge in [-0.15, -0.1) is 0 Å². The minimum Gasteiger partial charge on any atom is -0.465 e. The van der Waals surface area contributed by atoms with E-state index in [4.69, 9.17) is 0 Å². The summed E-state index contributed by atoms with van der Waals surface area (Å²) in [5.74, 6) is 0.164. The summed E-state index contributed by atoms with van der Waals surface area (Å²) < 4.78 is 25.8. The van der Waals surface area contributed by atoms with E-state index in [1.54, 1.807) is 12.1 Å². The number of sulfone groups is 1. The Balaban J connectivity index is 1.89. The molecule has 0 radical (unpaired) electrons. The van der Waals surface area contributed by atoms with Gasteiger partial charge in [-0.3, -0.25) is 0 Å². The van der Waals surface area contributed by atoms with Crippen LogP contribution >= 0.6 is 0 Å². The maximum Gasteiger partial charge on any atom is 0.407 e. The van der Waals surface area contributed by atoms with Crippen molar-refractivity contribution in [2.24, 2.45) is 5.41 Å². The molecule has 136 valence electrons. The largest absolute Gasteiger partial charge is 0.465 e. The van der Waals surface area contributed by atoms with Crippen molar-refractivity contribution in [2.45, 2.75) is 50.1 Å². The van der Waals surface area contributed by atoms with Crippen LogP contribution in [0.4, 0.5) is 10.5 Å².